The maximum absolute atomic E-state index is 8.53. The summed E-state index contributed by atoms with van der Waals surface area (Å²) in [6, 6.07) is 0. The van der Waals surface area contributed by atoms with Crippen LogP contribution in [-0.4, -0.2) is 26.5 Å². The number of aliphatic hydroxyl groups is 1. The standard InChI is InChI=1S/C4H5Br2N3O/c5-3-7-4(6)9(8-3)1-2-10/h10H,1-2H2. The van der Waals surface area contributed by atoms with E-state index >= 15 is 0 Å². The van der Waals surface area contributed by atoms with Gasteiger partial charge in [-0.3, -0.25) is 0 Å². The van der Waals surface area contributed by atoms with Gasteiger partial charge in [-0.2, -0.15) is 4.98 Å². The van der Waals surface area contributed by atoms with E-state index in [1.807, 2.05) is 0 Å². The Kier molecular flexibility index (Phi) is 2.82. The lowest BCUT2D eigenvalue weighted by Crippen LogP contribution is -2.03. The molecule has 0 aliphatic heterocycles. The molecule has 4 nitrogen and oxygen atoms in total. The number of hydrogen-bond donors (Lipinski definition) is 1. The molecule has 0 spiro atoms. The van der Waals surface area contributed by atoms with Gasteiger partial charge in [-0.25, -0.2) is 4.68 Å². The molecule has 1 aromatic heterocycles. The second kappa shape index (κ2) is 3.45. The van der Waals surface area contributed by atoms with Crippen LogP contribution in [0.2, 0.25) is 0 Å². The second-order valence-electron chi connectivity index (χ2n) is 1.60. The summed E-state index contributed by atoms with van der Waals surface area (Å²) in [4.78, 5) is 3.90. The number of rotatable bonds is 2. The Morgan fingerprint density at radius 2 is 2.20 bits per heavy atom. The van der Waals surface area contributed by atoms with Crippen LogP contribution in [0.1, 0.15) is 0 Å². The first kappa shape index (κ1) is 8.16. The Labute approximate surface area is 74.5 Å². The Hall–Kier alpha value is 0.0600. The summed E-state index contributed by atoms with van der Waals surface area (Å²) in [6.45, 7) is 0.521. The van der Waals surface area contributed by atoms with Crippen molar-refractivity contribution < 1.29 is 5.11 Å². The van der Waals surface area contributed by atoms with Crippen molar-refractivity contribution >= 4 is 31.9 Å². The van der Waals surface area contributed by atoms with Gasteiger partial charge in [0.2, 0.25) is 4.73 Å². The van der Waals surface area contributed by atoms with Crippen molar-refractivity contribution in [1.82, 2.24) is 14.8 Å². The predicted octanol–water partition coefficient (Wildman–Crippen LogP) is 0.795. The summed E-state index contributed by atoms with van der Waals surface area (Å²) in [7, 11) is 0. The van der Waals surface area contributed by atoms with Crippen LogP contribution in [0, 0.1) is 0 Å². The van der Waals surface area contributed by atoms with Crippen molar-refractivity contribution in [2.75, 3.05) is 6.61 Å². The molecule has 6 heteroatoms. The monoisotopic (exact) mass is 269 g/mol. The van der Waals surface area contributed by atoms with E-state index in [1.54, 1.807) is 4.68 Å². The molecular weight excluding hydrogens is 266 g/mol. The molecule has 1 heterocycles. The number of aromatic nitrogens is 3. The summed E-state index contributed by atoms with van der Waals surface area (Å²) in [6.07, 6.45) is 0. The first-order valence-corrected chi connectivity index (χ1v) is 4.19. The van der Waals surface area contributed by atoms with Crippen LogP contribution >= 0.6 is 31.9 Å². The van der Waals surface area contributed by atoms with Gasteiger partial charge in [0.25, 0.3) is 0 Å². The van der Waals surface area contributed by atoms with Crippen LogP contribution in [0.25, 0.3) is 0 Å². The van der Waals surface area contributed by atoms with Crippen LogP contribution in [0.15, 0.2) is 9.47 Å². The van der Waals surface area contributed by atoms with Gasteiger partial charge in [-0.15, -0.1) is 5.10 Å². The first-order chi connectivity index (χ1) is 4.74. The zero-order valence-corrected chi connectivity index (χ0v) is 8.13. The first-order valence-electron chi connectivity index (χ1n) is 2.60. The van der Waals surface area contributed by atoms with Gasteiger partial charge in [0, 0.05) is 0 Å². The molecule has 10 heavy (non-hydrogen) atoms. The average molecular weight is 271 g/mol. The maximum atomic E-state index is 8.53. The molecule has 1 aromatic rings. The lowest BCUT2D eigenvalue weighted by Gasteiger charge is -1.94. The van der Waals surface area contributed by atoms with Crippen LogP contribution in [-0.2, 0) is 6.54 Å². The smallest absolute Gasteiger partial charge is 0.218 e. The van der Waals surface area contributed by atoms with E-state index in [9.17, 15) is 0 Å². The Bertz CT molecular complexity index is 224. The van der Waals surface area contributed by atoms with Gasteiger partial charge in [0.05, 0.1) is 13.2 Å². The molecule has 56 valence electrons. The van der Waals surface area contributed by atoms with E-state index < -0.39 is 0 Å². The minimum Gasteiger partial charge on any atom is -0.394 e. The third-order valence-corrected chi connectivity index (χ3v) is 1.84. The van der Waals surface area contributed by atoms with Crippen molar-refractivity contribution in [2.24, 2.45) is 0 Å². The minimum absolute atomic E-state index is 0.0639. The van der Waals surface area contributed by atoms with Gasteiger partial charge in [-0.05, 0) is 31.9 Å². The van der Waals surface area contributed by atoms with Crippen molar-refractivity contribution in [3.63, 3.8) is 0 Å². The highest BCUT2D eigenvalue weighted by Crippen LogP contribution is 2.10. The van der Waals surface area contributed by atoms with Gasteiger partial charge >= 0.3 is 0 Å². The highest BCUT2D eigenvalue weighted by molar-refractivity contribution is 9.11. The molecule has 0 aromatic carbocycles. The summed E-state index contributed by atoms with van der Waals surface area (Å²) < 4.78 is 2.70. The number of hydrogen-bond acceptors (Lipinski definition) is 3. The summed E-state index contributed by atoms with van der Waals surface area (Å²) >= 11 is 6.26. The zero-order chi connectivity index (χ0) is 7.56. The second-order valence-corrected chi connectivity index (χ2v) is 3.02. The molecule has 0 aliphatic carbocycles. The normalized spacial score (nSPS) is 10.3. The van der Waals surface area contributed by atoms with Gasteiger partial charge in [0.1, 0.15) is 0 Å². The van der Waals surface area contributed by atoms with Crippen LogP contribution in [0.5, 0.6) is 0 Å². The lowest BCUT2D eigenvalue weighted by atomic mass is 10.7. The van der Waals surface area contributed by atoms with E-state index in [-0.39, 0.29) is 6.61 Å². The molecule has 0 amide bonds. The van der Waals surface area contributed by atoms with E-state index in [0.717, 1.165) is 0 Å². The Balaban J connectivity index is 2.81. The molecule has 0 unspecified atom stereocenters. The number of nitrogens with zero attached hydrogens (tertiary/aromatic N) is 3. The summed E-state index contributed by atoms with van der Waals surface area (Å²) in [5, 5.41) is 12.4. The van der Waals surface area contributed by atoms with Gasteiger partial charge < -0.3 is 5.11 Å². The van der Waals surface area contributed by atoms with Gasteiger partial charge in [0.15, 0.2) is 4.73 Å². The molecule has 0 fully saturated rings. The van der Waals surface area contributed by atoms with Crippen LogP contribution in [0.4, 0.5) is 0 Å². The number of halogens is 2. The SMILES string of the molecule is OCCn1nc(Br)nc1Br. The molecule has 0 saturated carbocycles. The number of aliphatic hydroxyl groups excluding tert-OH is 1. The lowest BCUT2D eigenvalue weighted by molar-refractivity contribution is 0.267. The Morgan fingerprint density at radius 1 is 1.50 bits per heavy atom. The van der Waals surface area contributed by atoms with Crippen LogP contribution < -0.4 is 0 Å². The zero-order valence-electron chi connectivity index (χ0n) is 4.96. The van der Waals surface area contributed by atoms with Gasteiger partial charge in [-0.1, -0.05) is 0 Å². The summed E-state index contributed by atoms with van der Waals surface area (Å²) in [5.41, 5.74) is 0. The highest BCUT2D eigenvalue weighted by Gasteiger charge is 2.02. The van der Waals surface area contributed by atoms with E-state index in [2.05, 4.69) is 41.9 Å². The van der Waals surface area contributed by atoms with Crippen molar-refractivity contribution in [3.8, 4) is 0 Å². The van der Waals surface area contributed by atoms with Crippen molar-refractivity contribution in [1.29, 1.82) is 0 Å². The largest absolute Gasteiger partial charge is 0.394 e. The molecule has 1 N–H and O–H groups in total. The van der Waals surface area contributed by atoms with E-state index in [4.69, 9.17) is 5.11 Å². The van der Waals surface area contributed by atoms with E-state index in [0.29, 0.717) is 16.0 Å². The molecule has 1 rings (SSSR count). The Morgan fingerprint density at radius 3 is 2.60 bits per heavy atom. The topological polar surface area (TPSA) is 50.9 Å². The van der Waals surface area contributed by atoms with E-state index in [1.165, 1.54) is 0 Å². The quantitative estimate of drug-likeness (QED) is 0.865. The highest BCUT2D eigenvalue weighted by atomic mass is 79.9. The fourth-order valence-corrected chi connectivity index (χ4v) is 1.56. The maximum Gasteiger partial charge on any atom is 0.218 e. The third kappa shape index (κ3) is 1.77. The molecule has 0 atom stereocenters. The molecule has 0 bridgehead atoms. The predicted molar refractivity (Wildman–Crippen MR) is 42.5 cm³/mol. The summed E-state index contributed by atoms with van der Waals surface area (Å²) in [5.74, 6) is 0. The van der Waals surface area contributed by atoms with Crippen molar-refractivity contribution in [3.05, 3.63) is 9.47 Å². The molecule has 0 radical (unpaired) electrons. The van der Waals surface area contributed by atoms with Crippen molar-refractivity contribution in [2.45, 2.75) is 6.54 Å². The average Bonchev–Trinajstić information content (AvgIpc) is 2.13. The molecule has 0 aliphatic rings. The van der Waals surface area contributed by atoms with Crippen LogP contribution in [0.3, 0.4) is 0 Å². The molecule has 0 saturated heterocycles. The fourth-order valence-electron chi connectivity index (χ4n) is 0.534. The fraction of sp³-hybridized carbons (Fsp3) is 0.500. The molecular formula is C4H5Br2N3O. The third-order valence-electron chi connectivity index (χ3n) is 0.913. The minimum atomic E-state index is 0.0639.